The molecule has 4 aliphatic carbocycles. The predicted octanol–water partition coefficient (Wildman–Crippen LogP) is 4.81. The number of fused-ring (bicyclic) bond motifs is 1. The molecule has 0 unspecified atom stereocenters. The lowest BCUT2D eigenvalue weighted by Gasteiger charge is -2.37. The largest absolute Gasteiger partial charge is 0.489 e. The minimum atomic E-state index is -0.215. The Morgan fingerprint density at radius 1 is 0.853 bits per heavy atom. The monoisotopic (exact) mass is 448 g/mol. The van der Waals surface area contributed by atoms with Gasteiger partial charge in [0.1, 0.15) is 12.4 Å². The zero-order valence-corrected chi connectivity index (χ0v) is 18.6. The number of carbonyl (C=O) groups is 2. The fourth-order valence-electron chi connectivity index (χ4n) is 6.41. The molecule has 34 heavy (non-hydrogen) atoms. The molecular weight excluding hydrogens is 424 g/mol. The van der Waals surface area contributed by atoms with Crippen molar-refractivity contribution in [3.8, 4) is 5.75 Å². The van der Waals surface area contributed by atoms with Crippen molar-refractivity contribution in [2.45, 2.75) is 13.0 Å². The van der Waals surface area contributed by atoms with Crippen molar-refractivity contribution in [1.29, 1.82) is 0 Å². The molecule has 2 amide bonds. The third-order valence-electron chi connectivity index (χ3n) is 8.12. The topological polar surface area (TPSA) is 59.0 Å². The van der Waals surface area contributed by atoms with Crippen molar-refractivity contribution in [3.05, 3.63) is 90.0 Å². The number of imide groups is 1. The van der Waals surface area contributed by atoms with Crippen LogP contribution in [0, 0.1) is 35.5 Å². The van der Waals surface area contributed by atoms with Crippen LogP contribution >= 0.6 is 0 Å². The van der Waals surface area contributed by atoms with E-state index in [0.29, 0.717) is 18.4 Å². The van der Waals surface area contributed by atoms with Gasteiger partial charge in [0.15, 0.2) is 0 Å². The molecule has 1 saturated heterocycles. The van der Waals surface area contributed by atoms with Crippen LogP contribution in [0.3, 0.4) is 0 Å². The molecule has 3 fully saturated rings. The first-order chi connectivity index (χ1) is 16.7. The molecule has 3 aromatic rings. The molecule has 3 aromatic carbocycles. The first-order valence-corrected chi connectivity index (χ1v) is 12.0. The van der Waals surface area contributed by atoms with Crippen LogP contribution in [0.15, 0.2) is 84.0 Å². The average molecular weight is 449 g/mol. The van der Waals surface area contributed by atoms with E-state index in [0.717, 1.165) is 28.3 Å². The van der Waals surface area contributed by atoms with E-state index in [-0.39, 0.29) is 35.5 Å². The second-order valence-electron chi connectivity index (χ2n) is 9.88. The lowest BCUT2D eigenvalue weighted by Crippen LogP contribution is -2.40. The van der Waals surface area contributed by atoms with Crippen LogP contribution in [0.4, 0.5) is 0 Å². The lowest BCUT2D eigenvalue weighted by molar-refractivity contribution is -0.140. The fraction of sp³-hybridized carbons (Fsp3) is 0.276. The van der Waals surface area contributed by atoms with Crippen LogP contribution in [-0.2, 0) is 16.2 Å². The number of amides is 2. The maximum Gasteiger partial charge on any atom is 0.254 e. The SMILES string of the molecule is O=C1[C@@H]2[C@@H]3C=C[C@H]([C@H]4C[C@H]34)[C@@H]2C(=O)N1/N=C\c1ccc(OCc2cccc3ccccc23)cc1. The molecule has 0 aromatic heterocycles. The molecule has 2 saturated carbocycles. The molecule has 5 nitrogen and oxygen atoms in total. The van der Waals surface area contributed by atoms with Crippen LogP contribution in [0.25, 0.3) is 10.8 Å². The van der Waals surface area contributed by atoms with Crippen molar-refractivity contribution in [2.75, 3.05) is 0 Å². The Morgan fingerprint density at radius 3 is 2.26 bits per heavy atom. The molecule has 5 heteroatoms. The van der Waals surface area contributed by atoms with Crippen LogP contribution in [-0.4, -0.2) is 23.0 Å². The van der Waals surface area contributed by atoms with Crippen molar-refractivity contribution in [3.63, 3.8) is 0 Å². The highest BCUT2D eigenvalue weighted by molar-refractivity contribution is 6.06. The summed E-state index contributed by atoms with van der Waals surface area (Å²) in [5, 5.41) is 7.82. The third-order valence-corrected chi connectivity index (χ3v) is 8.12. The third kappa shape index (κ3) is 2.96. The first-order valence-electron chi connectivity index (χ1n) is 12.0. The summed E-state index contributed by atoms with van der Waals surface area (Å²) in [6.45, 7) is 0.479. The highest BCUT2D eigenvalue weighted by Gasteiger charge is 2.67. The minimum Gasteiger partial charge on any atom is -0.489 e. The Morgan fingerprint density at radius 2 is 1.53 bits per heavy atom. The van der Waals surface area contributed by atoms with Crippen LogP contribution < -0.4 is 4.74 Å². The summed E-state index contributed by atoms with van der Waals surface area (Å²) in [7, 11) is 0. The van der Waals surface area contributed by atoms with E-state index in [4.69, 9.17) is 4.74 Å². The Labute approximate surface area is 197 Å². The normalized spacial score (nSPS) is 30.8. The van der Waals surface area contributed by atoms with Gasteiger partial charge in [-0.15, -0.1) is 0 Å². The summed E-state index contributed by atoms with van der Waals surface area (Å²) in [5.41, 5.74) is 1.95. The van der Waals surface area contributed by atoms with E-state index < -0.39 is 0 Å². The number of rotatable bonds is 5. The molecule has 168 valence electrons. The van der Waals surface area contributed by atoms with Crippen molar-refractivity contribution in [2.24, 2.45) is 40.6 Å². The molecule has 1 aliphatic heterocycles. The maximum atomic E-state index is 13.0. The van der Waals surface area contributed by atoms with Gasteiger partial charge in [-0.3, -0.25) is 9.59 Å². The number of benzene rings is 3. The number of nitrogens with zero attached hydrogens (tertiary/aromatic N) is 2. The number of hydrazone groups is 1. The van der Waals surface area contributed by atoms with E-state index in [2.05, 4.69) is 41.5 Å². The van der Waals surface area contributed by atoms with Crippen molar-refractivity contribution < 1.29 is 14.3 Å². The molecule has 0 spiro atoms. The highest BCUT2D eigenvalue weighted by atomic mass is 16.5. The molecular formula is C29H24N2O3. The zero-order valence-electron chi connectivity index (χ0n) is 18.6. The van der Waals surface area contributed by atoms with Gasteiger partial charge in [-0.05, 0) is 76.3 Å². The van der Waals surface area contributed by atoms with E-state index in [9.17, 15) is 9.59 Å². The fourth-order valence-corrected chi connectivity index (χ4v) is 6.41. The van der Waals surface area contributed by atoms with E-state index in [1.807, 2.05) is 42.5 Å². The number of ether oxygens (including phenoxy) is 1. The number of hydrogen-bond acceptors (Lipinski definition) is 4. The quantitative estimate of drug-likeness (QED) is 0.320. The standard InChI is InChI=1S/C29H24N2O3/c32-28-26-22-12-13-23(25-14-24(22)25)27(26)29(33)31(28)30-15-17-8-10-20(11-9-17)34-16-19-6-3-5-18-4-1-2-7-21(18)19/h1-13,15,22-27H,14,16H2/b30-15-/t22-,23-,24-,25-,26-,27+/m1/s1. The summed E-state index contributed by atoms with van der Waals surface area (Å²) in [5.74, 6) is 1.69. The molecule has 0 N–H and O–H groups in total. The number of hydrogen-bond donors (Lipinski definition) is 0. The molecule has 1 heterocycles. The minimum absolute atomic E-state index is 0.133. The lowest BCUT2D eigenvalue weighted by atomic mass is 9.63. The molecule has 8 rings (SSSR count). The van der Waals surface area contributed by atoms with Gasteiger partial charge in [-0.2, -0.15) is 10.1 Å². The van der Waals surface area contributed by atoms with Gasteiger partial charge >= 0.3 is 0 Å². The van der Waals surface area contributed by atoms with E-state index >= 15 is 0 Å². The summed E-state index contributed by atoms with van der Waals surface area (Å²) in [6, 6.07) is 22.1. The predicted molar refractivity (Wildman–Crippen MR) is 129 cm³/mol. The second-order valence-corrected chi connectivity index (χ2v) is 9.88. The van der Waals surface area contributed by atoms with Crippen molar-refractivity contribution in [1.82, 2.24) is 5.01 Å². The van der Waals surface area contributed by atoms with Gasteiger partial charge in [-0.25, -0.2) is 0 Å². The smallest absolute Gasteiger partial charge is 0.254 e. The Hall–Kier alpha value is -3.73. The molecule has 0 radical (unpaired) electrons. The van der Waals surface area contributed by atoms with Crippen LogP contribution in [0.1, 0.15) is 17.5 Å². The number of allylic oxidation sites excluding steroid dienone is 2. The van der Waals surface area contributed by atoms with Gasteiger partial charge in [0, 0.05) is 0 Å². The Balaban J connectivity index is 1.04. The zero-order chi connectivity index (χ0) is 22.8. The second kappa shape index (κ2) is 7.39. The number of carbonyl (C=O) groups excluding carboxylic acids is 2. The van der Waals surface area contributed by atoms with Gasteiger partial charge in [0.05, 0.1) is 18.1 Å². The Kier molecular flexibility index (Phi) is 4.28. The van der Waals surface area contributed by atoms with Crippen LogP contribution in [0.2, 0.25) is 0 Å². The van der Waals surface area contributed by atoms with Gasteiger partial charge < -0.3 is 4.74 Å². The summed E-state index contributed by atoms with van der Waals surface area (Å²) < 4.78 is 6.01. The van der Waals surface area contributed by atoms with E-state index in [1.54, 1.807) is 6.21 Å². The maximum absolute atomic E-state index is 13.0. The Bertz CT molecular complexity index is 1330. The summed E-state index contributed by atoms with van der Waals surface area (Å²) in [4.78, 5) is 26.1. The van der Waals surface area contributed by atoms with Gasteiger partial charge in [-0.1, -0.05) is 54.6 Å². The molecule has 5 aliphatic rings. The van der Waals surface area contributed by atoms with Gasteiger partial charge in [0.25, 0.3) is 11.8 Å². The van der Waals surface area contributed by atoms with Crippen LogP contribution in [0.5, 0.6) is 5.75 Å². The summed E-state index contributed by atoms with van der Waals surface area (Å²) in [6.07, 6.45) is 7.11. The molecule has 6 atom stereocenters. The first kappa shape index (κ1) is 19.7. The average Bonchev–Trinajstić information content (AvgIpc) is 3.66. The van der Waals surface area contributed by atoms with Gasteiger partial charge in [0.2, 0.25) is 0 Å². The summed E-state index contributed by atoms with van der Waals surface area (Å²) >= 11 is 0. The van der Waals surface area contributed by atoms with E-state index in [1.165, 1.54) is 10.8 Å². The van der Waals surface area contributed by atoms with Crippen molar-refractivity contribution >= 4 is 28.8 Å². The molecule has 2 bridgehead atoms. The highest BCUT2D eigenvalue weighted by Crippen LogP contribution is 2.65.